The Bertz CT molecular complexity index is 861. The first-order valence-electron chi connectivity index (χ1n) is 7.09. The van der Waals surface area contributed by atoms with Crippen molar-refractivity contribution in [3.8, 4) is 0 Å². The Morgan fingerprint density at radius 2 is 2.30 bits per heavy atom. The molecule has 4 rings (SSSR count). The van der Waals surface area contributed by atoms with E-state index >= 15 is 0 Å². The van der Waals surface area contributed by atoms with Crippen molar-refractivity contribution in [2.24, 2.45) is 5.73 Å². The lowest BCUT2D eigenvalue weighted by Gasteiger charge is -2.47. The van der Waals surface area contributed by atoms with Crippen molar-refractivity contribution >= 4 is 45.2 Å². The predicted molar refractivity (Wildman–Crippen MR) is 87.7 cm³/mol. The molecule has 6 nitrogen and oxygen atoms in total. The molecule has 0 aliphatic carbocycles. The molecule has 3 N–H and O–H groups in total. The highest BCUT2D eigenvalue weighted by molar-refractivity contribution is 8.00. The van der Waals surface area contributed by atoms with Crippen molar-refractivity contribution in [3.63, 3.8) is 0 Å². The number of carboxylic acid groups (broad SMARTS) is 1. The number of nitrogens with zero attached hydrogens (tertiary/aromatic N) is 2. The normalized spacial score (nSPS) is 23.9. The fourth-order valence-electron chi connectivity index (χ4n) is 3.02. The van der Waals surface area contributed by atoms with Gasteiger partial charge in [-0.05, 0) is 17.5 Å². The van der Waals surface area contributed by atoms with Crippen molar-refractivity contribution in [2.45, 2.75) is 18.0 Å². The zero-order chi connectivity index (χ0) is 16.1. The third-order valence-electron chi connectivity index (χ3n) is 4.13. The fourth-order valence-corrected chi connectivity index (χ4v) is 5.18. The predicted octanol–water partition coefficient (Wildman–Crippen LogP) is 0.770. The van der Waals surface area contributed by atoms with Gasteiger partial charge >= 0.3 is 5.97 Å². The lowest BCUT2D eigenvalue weighted by molar-refractivity contribution is -0.661. The number of amides is 1. The molecule has 0 saturated carbocycles. The smallest absolute Gasteiger partial charge is 0.352 e. The third kappa shape index (κ3) is 2.17. The third-order valence-corrected chi connectivity index (χ3v) is 6.46. The van der Waals surface area contributed by atoms with Crippen LogP contribution >= 0.6 is 23.1 Å². The minimum Gasteiger partial charge on any atom is -0.477 e. The van der Waals surface area contributed by atoms with Crippen LogP contribution in [0.2, 0.25) is 0 Å². The second-order valence-electron chi connectivity index (χ2n) is 5.51. The molecule has 4 heterocycles. The second-order valence-corrected chi connectivity index (χ2v) is 7.51. The number of nitrogens with two attached hydrogens (primary N) is 1. The van der Waals surface area contributed by atoms with Gasteiger partial charge in [-0.2, -0.15) is 4.57 Å². The number of thiophene rings is 1. The number of aliphatic carboxylic acids is 1. The molecule has 0 radical (unpaired) electrons. The fraction of sp³-hybridized carbons (Fsp3) is 0.267. The summed E-state index contributed by atoms with van der Waals surface area (Å²) in [5, 5.41) is 12.5. The Kier molecular flexibility index (Phi) is 3.40. The van der Waals surface area contributed by atoms with Gasteiger partial charge in [-0.25, -0.2) is 4.79 Å². The van der Waals surface area contributed by atoms with Crippen LogP contribution in [0.25, 0.3) is 10.2 Å². The number of carboxylic acids is 1. The first-order chi connectivity index (χ1) is 11.1. The van der Waals surface area contributed by atoms with Gasteiger partial charge in [0.05, 0.1) is 5.39 Å². The van der Waals surface area contributed by atoms with Gasteiger partial charge in [0.15, 0.2) is 12.7 Å². The highest BCUT2D eigenvalue weighted by atomic mass is 32.2. The van der Waals surface area contributed by atoms with E-state index < -0.39 is 12.0 Å². The van der Waals surface area contributed by atoms with E-state index in [1.807, 2.05) is 34.3 Å². The van der Waals surface area contributed by atoms with Crippen LogP contribution in [0.1, 0.15) is 0 Å². The van der Waals surface area contributed by atoms with Gasteiger partial charge < -0.3 is 10.8 Å². The van der Waals surface area contributed by atoms with Gasteiger partial charge in [-0.1, -0.05) is 11.3 Å². The molecule has 1 saturated heterocycles. The van der Waals surface area contributed by atoms with E-state index in [4.69, 9.17) is 5.73 Å². The molecule has 2 atom stereocenters. The largest absolute Gasteiger partial charge is 0.477 e. The zero-order valence-corrected chi connectivity index (χ0v) is 13.6. The Morgan fingerprint density at radius 1 is 1.48 bits per heavy atom. The summed E-state index contributed by atoms with van der Waals surface area (Å²) in [5.41, 5.74) is 6.61. The molecule has 0 bridgehead atoms. The van der Waals surface area contributed by atoms with Crippen molar-refractivity contribution in [3.05, 3.63) is 41.0 Å². The average molecular weight is 348 g/mol. The average Bonchev–Trinajstić information content (AvgIpc) is 3.03. The lowest BCUT2D eigenvalue weighted by atomic mass is 10.0. The van der Waals surface area contributed by atoms with Crippen LogP contribution in [0.4, 0.5) is 0 Å². The standard InChI is InChI=1S/C15H13N3O3S2/c16-10-12(19)18-11(15(20)21)9(7-23-14(10)18)6-17-4-1-2-8-3-5-22-13(8)17/h1-5,10,14H,6-7,16H2/p+1/t10?,14-/m1/s1. The van der Waals surface area contributed by atoms with E-state index in [2.05, 4.69) is 0 Å². The van der Waals surface area contributed by atoms with Gasteiger partial charge in [0.25, 0.3) is 4.83 Å². The molecular formula is C15H14N3O3S2+. The van der Waals surface area contributed by atoms with E-state index in [1.165, 1.54) is 16.7 Å². The van der Waals surface area contributed by atoms with Crippen LogP contribution in [0.15, 0.2) is 41.0 Å². The summed E-state index contributed by atoms with van der Waals surface area (Å²) < 4.78 is 2.03. The van der Waals surface area contributed by atoms with Gasteiger partial charge in [0.1, 0.15) is 17.1 Å². The van der Waals surface area contributed by atoms with Gasteiger partial charge in [-0.3, -0.25) is 9.69 Å². The summed E-state index contributed by atoms with van der Waals surface area (Å²) in [6, 6.07) is 5.41. The number of pyridine rings is 1. The molecule has 0 spiro atoms. The summed E-state index contributed by atoms with van der Waals surface area (Å²) in [7, 11) is 0. The molecule has 1 amide bonds. The summed E-state index contributed by atoms with van der Waals surface area (Å²) in [6.07, 6.45) is 1.94. The number of hydrogen-bond acceptors (Lipinski definition) is 5. The second kappa shape index (κ2) is 5.33. The number of thioether (sulfide) groups is 1. The topological polar surface area (TPSA) is 87.5 Å². The number of aromatic nitrogens is 1. The number of β-lactam (4-membered cyclic amide) rings is 1. The molecule has 2 aliphatic heterocycles. The maximum atomic E-state index is 12.0. The van der Waals surface area contributed by atoms with Crippen LogP contribution in [0.3, 0.4) is 0 Å². The van der Waals surface area contributed by atoms with Crippen LogP contribution in [-0.2, 0) is 16.1 Å². The first kappa shape index (κ1) is 14.7. The lowest BCUT2D eigenvalue weighted by Crippen LogP contribution is -2.68. The molecule has 1 unspecified atom stereocenters. The maximum absolute atomic E-state index is 12.0. The Morgan fingerprint density at radius 3 is 3.09 bits per heavy atom. The molecule has 2 aliphatic rings. The highest BCUT2D eigenvalue weighted by Gasteiger charge is 2.52. The highest BCUT2D eigenvalue weighted by Crippen LogP contribution is 2.39. The van der Waals surface area contributed by atoms with Gasteiger partial charge in [0, 0.05) is 17.4 Å². The minimum absolute atomic E-state index is 0.0986. The van der Waals surface area contributed by atoms with E-state index in [1.54, 1.807) is 11.3 Å². The number of carbonyl (C=O) groups excluding carboxylic acids is 1. The van der Waals surface area contributed by atoms with Crippen LogP contribution < -0.4 is 10.3 Å². The monoisotopic (exact) mass is 348 g/mol. The van der Waals surface area contributed by atoms with Crippen molar-refractivity contribution < 1.29 is 19.3 Å². The van der Waals surface area contributed by atoms with Crippen LogP contribution in [0, 0.1) is 0 Å². The van der Waals surface area contributed by atoms with E-state index in [0.717, 1.165) is 15.8 Å². The molecule has 0 aromatic carbocycles. The van der Waals surface area contributed by atoms with Gasteiger partial charge in [-0.15, -0.1) is 11.8 Å². The Labute approximate surface area is 140 Å². The Hall–Kier alpha value is -1.90. The molecule has 8 heteroatoms. The SMILES string of the molecule is NC1C(=O)N2C(C(=O)O)=C(C[n+]3cccc4ccsc43)CS[C@H]12. The molecule has 23 heavy (non-hydrogen) atoms. The Balaban J connectivity index is 1.76. The van der Waals surface area contributed by atoms with Crippen molar-refractivity contribution in [1.29, 1.82) is 0 Å². The van der Waals surface area contributed by atoms with Crippen molar-refractivity contribution in [1.82, 2.24) is 4.90 Å². The van der Waals surface area contributed by atoms with E-state index in [9.17, 15) is 14.7 Å². The molecule has 2 aromatic rings. The summed E-state index contributed by atoms with van der Waals surface area (Å²) in [6.45, 7) is 0.457. The number of fused-ring (bicyclic) bond motifs is 2. The summed E-state index contributed by atoms with van der Waals surface area (Å²) >= 11 is 3.14. The van der Waals surface area contributed by atoms with Crippen molar-refractivity contribution in [2.75, 3.05) is 5.75 Å². The maximum Gasteiger partial charge on any atom is 0.352 e. The first-order valence-corrected chi connectivity index (χ1v) is 9.02. The molecule has 118 valence electrons. The van der Waals surface area contributed by atoms with Crippen LogP contribution in [0.5, 0.6) is 0 Å². The zero-order valence-electron chi connectivity index (χ0n) is 12.0. The molecule has 2 aromatic heterocycles. The number of rotatable bonds is 3. The summed E-state index contributed by atoms with van der Waals surface area (Å²) in [5.74, 6) is -0.806. The van der Waals surface area contributed by atoms with Crippen LogP contribution in [-0.4, -0.2) is 39.1 Å². The van der Waals surface area contributed by atoms with E-state index in [0.29, 0.717) is 12.3 Å². The number of hydrogen-bond donors (Lipinski definition) is 2. The molecular weight excluding hydrogens is 334 g/mol. The quantitative estimate of drug-likeness (QED) is 0.632. The minimum atomic E-state index is -1.07. The molecule has 1 fully saturated rings. The number of carbonyl (C=O) groups is 2. The van der Waals surface area contributed by atoms with E-state index in [-0.39, 0.29) is 17.0 Å². The van der Waals surface area contributed by atoms with Gasteiger partial charge in [0.2, 0.25) is 5.91 Å². The summed E-state index contributed by atoms with van der Waals surface area (Å²) in [4.78, 5) is 26.1.